The molecule has 11 heteroatoms. The highest BCUT2D eigenvalue weighted by molar-refractivity contribution is 5.86. The normalized spacial score (nSPS) is 19.6. The van der Waals surface area contributed by atoms with Gasteiger partial charge in [0, 0.05) is 13.1 Å². The molecule has 130 valence electrons. The van der Waals surface area contributed by atoms with Crippen molar-refractivity contribution in [2.24, 2.45) is 0 Å². The van der Waals surface area contributed by atoms with Crippen LogP contribution in [0.4, 0.5) is 26.3 Å². The molecule has 3 rings (SSSR count). The maximum atomic E-state index is 13.1. The van der Waals surface area contributed by atoms with E-state index in [9.17, 15) is 31.1 Å². The number of nitrogens with zero attached hydrogens (tertiary/aromatic N) is 1. The van der Waals surface area contributed by atoms with Gasteiger partial charge < -0.3 is 10.3 Å². The number of aromatic nitrogens is 2. The molecule has 3 N–H and O–H groups in total. The maximum Gasteiger partial charge on any atom is 0.418 e. The largest absolute Gasteiger partial charge is 0.418 e. The van der Waals surface area contributed by atoms with Gasteiger partial charge in [0.2, 0.25) is 5.91 Å². The molecule has 0 saturated carbocycles. The van der Waals surface area contributed by atoms with Gasteiger partial charge in [0.1, 0.15) is 17.4 Å². The Kier molecular flexibility index (Phi) is 3.70. The van der Waals surface area contributed by atoms with E-state index in [-0.39, 0.29) is 11.9 Å². The summed E-state index contributed by atoms with van der Waals surface area (Å²) < 4.78 is 77.8. The second kappa shape index (κ2) is 5.36. The van der Waals surface area contributed by atoms with Crippen molar-refractivity contribution in [3.05, 3.63) is 29.1 Å². The van der Waals surface area contributed by atoms with E-state index < -0.39 is 46.5 Å². The van der Waals surface area contributed by atoms with Crippen LogP contribution in [0.1, 0.15) is 23.0 Å². The molecule has 2 heterocycles. The Labute approximate surface area is 130 Å². The Bertz CT molecular complexity index is 794. The summed E-state index contributed by atoms with van der Waals surface area (Å²) in [6.45, 7) is 0.689. The number of alkyl halides is 6. The van der Waals surface area contributed by atoms with Crippen LogP contribution in [0.3, 0.4) is 0 Å². The third-order valence-corrected chi connectivity index (χ3v) is 3.55. The fraction of sp³-hybridized carbons (Fsp3) is 0.385. The Morgan fingerprint density at radius 1 is 1.04 bits per heavy atom. The van der Waals surface area contributed by atoms with Gasteiger partial charge in [0.25, 0.3) is 0 Å². The highest BCUT2D eigenvalue weighted by Crippen LogP contribution is 2.39. The molecular formula is C13H10F6N4O. The maximum absolute atomic E-state index is 13.1. The topological polar surface area (TPSA) is 69.8 Å². The average molecular weight is 352 g/mol. The summed E-state index contributed by atoms with van der Waals surface area (Å²) in [7, 11) is 0. The summed E-state index contributed by atoms with van der Waals surface area (Å²) in [5, 5.41) is 5.23. The van der Waals surface area contributed by atoms with Crippen molar-refractivity contribution in [1.29, 1.82) is 0 Å². The first-order valence-corrected chi connectivity index (χ1v) is 6.76. The van der Waals surface area contributed by atoms with Gasteiger partial charge in [-0.15, -0.1) is 0 Å². The zero-order chi connectivity index (χ0) is 17.7. The standard InChI is InChI=1S/C13H10F6N4O/c14-12(15,16)5-3-6(13(17,18)19)8-7(4-5)22-10(23-8)9-11(24)21-2-1-20-9/h3-4,9,20H,1-2H2,(H,21,24)(H,22,23). The van der Waals surface area contributed by atoms with Crippen LogP contribution in [-0.2, 0) is 17.1 Å². The molecule has 1 unspecified atom stereocenters. The molecule has 1 aliphatic heterocycles. The molecule has 1 fully saturated rings. The van der Waals surface area contributed by atoms with Gasteiger partial charge in [0.05, 0.1) is 16.6 Å². The lowest BCUT2D eigenvalue weighted by atomic mass is 10.1. The molecule has 5 nitrogen and oxygen atoms in total. The van der Waals surface area contributed by atoms with E-state index in [1.807, 2.05) is 0 Å². The van der Waals surface area contributed by atoms with Crippen LogP contribution in [0, 0.1) is 0 Å². The fourth-order valence-corrected chi connectivity index (χ4v) is 2.47. The lowest BCUT2D eigenvalue weighted by molar-refractivity contribution is -0.142. The number of fused-ring (bicyclic) bond motifs is 1. The van der Waals surface area contributed by atoms with Gasteiger partial charge in [-0.05, 0) is 12.1 Å². The number of imidazole rings is 1. The predicted octanol–water partition coefficient (Wildman–Crippen LogP) is 2.36. The van der Waals surface area contributed by atoms with Gasteiger partial charge in [0.15, 0.2) is 0 Å². The quantitative estimate of drug-likeness (QED) is 0.690. The van der Waals surface area contributed by atoms with E-state index in [0.717, 1.165) is 0 Å². The van der Waals surface area contributed by atoms with Crippen LogP contribution < -0.4 is 10.6 Å². The van der Waals surface area contributed by atoms with Crippen molar-refractivity contribution in [3.8, 4) is 0 Å². The number of hydrogen-bond acceptors (Lipinski definition) is 3. The Morgan fingerprint density at radius 3 is 2.33 bits per heavy atom. The molecule has 1 aromatic carbocycles. The molecule has 0 radical (unpaired) electrons. The number of piperazine rings is 1. The third kappa shape index (κ3) is 2.90. The summed E-state index contributed by atoms with van der Waals surface area (Å²) in [6, 6.07) is -0.495. The highest BCUT2D eigenvalue weighted by atomic mass is 19.4. The van der Waals surface area contributed by atoms with Gasteiger partial charge in [-0.3, -0.25) is 10.1 Å². The molecule has 0 aliphatic carbocycles. The Balaban J connectivity index is 2.18. The highest BCUT2D eigenvalue weighted by Gasteiger charge is 2.39. The first-order valence-electron chi connectivity index (χ1n) is 6.76. The number of benzene rings is 1. The Morgan fingerprint density at radius 2 is 1.75 bits per heavy atom. The van der Waals surface area contributed by atoms with Gasteiger partial charge in [-0.1, -0.05) is 0 Å². The van der Waals surface area contributed by atoms with Crippen molar-refractivity contribution in [2.45, 2.75) is 18.4 Å². The fourth-order valence-electron chi connectivity index (χ4n) is 2.47. The lowest BCUT2D eigenvalue weighted by Crippen LogP contribution is -2.47. The number of aromatic amines is 1. The SMILES string of the molecule is O=C1NCCNC1c1nc2c(C(F)(F)F)cc(C(F)(F)F)cc2[nH]1. The van der Waals surface area contributed by atoms with E-state index in [1.54, 1.807) is 0 Å². The van der Waals surface area contributed by atoms with Crippen molar-refractivity contribution in [1.82, 2.24) is 20.6 Å². The van der Waals surface area contributed by atoms with Crippen molar-refractivity contribution >= 4 is 16.9 Å². The minimum atomic E-state index is -5.02. The summed E-state index contributed by atoms with van der Waals surface area (Å²) in [6.07, 6.45) is -9.96. The first-order chi connectivity index (χ1) is 11.1. The summed E-state index contributed by atoms with van der Waals surface area (Å²) in [4.78, 5) is 17.8. The van der Waals surface area contributed by atoms with Gasteiger partial charge >= 0.3 is 12.4 Å². The van der Waals surface area contributed by atoms with Crippen molar-refractivity contribution in [3.63, 3.8) is 0 Å². The second-order valence-corrected chi connectivity index (χ2v) is 5.22. The summed E-state index contributed by atoms with van der Waals surface area (Å²) in [5.74, 6) is -0.697. The molecule has 1 aromatic heterocycles. The van der Waals surface area contributed by atoms with E-state index in [0.29, 0.717) is 19.2 Å². The predicted molar refractivity (Wildman–Crippen MR) is 69.9 cm³/mol. The van der Waals surface area contributed by atoms with Crippen LogP contribution in [0.2, 0.25) is 0 Å². The van der Waals surface area contributed by atoms with Crippen LogP contribution in [0.15, 0.2) is 12.1 Å². The number of carbonyl (C=O) groups is 1. The average Bonchev–Trinajstić information content (AvgIpc) is 2.88. The van der Waals surface area contributed by atoms with E-state index in [4.69, 9.17) is 0 Å². The minimum Gasteiger partial charge on any atom is -0.353 e. The minimum absolute atomic E-state index is 0.0152. The van der Waals surface area contributed by atoms with Crippen molar-refractivity contribution < 1.29 is 31.1 Å². The number of halogens is 6. The molecule has 24 heavy (non-hydrogen) atoms. The monoisotopic (exact) mass is 352 g/mol. The molecule has 1 atom stereocenters. The summed E-state index contributed by atoms with van der Waals surface area (Å²) in [5.41, 5.74) is -4.05. The molecule has 1 amide bonds. The number of amides is 1. The van der Waals surface area contributed by atoms with E-state index >= 15 is 0 Å². The molecule has 0 bridgehead atoms. The number of carbonyl (C=O) groups excluding carboxylic acids is 1. The van der Waals surface area contributed by atoms with Crippen LogP contribution >= 0.6 is 0 Å². The van der Waals surface area contributed by atoms with E-state index in [2.05, 4.69) is 20.6 Å². The molecule has 0 spiro atoms. The van der Waals surface area contributed by atoms with E-state index in [1.165, 1.54) is 0 Å². The van der Waals surface area contributed by atoms with Crippen LogP contribution in [0.25, 0.3) is 11.0 Å². The molecule has 1 saturated heterocycles. The number of nitrogens with one attached hydrogen (secondary N) is 3. The summed E-state index contributed by atoms with van der Waals surface area (Å²) >= 11 is 0. The smallest absolute Gasteiger partial charge is 0.353 e. The molecular weight excluding hydrogens is 342 g/mol. The second-order valence-electron chi connectivity index (χ2n) is 5.22. The number of H-pyrrole nitrogens is 1. The molecule has 2 aromatic rings. The van der Waals surface area contributed by atoms with Crippen molar-refractivity contribution in [2.75, 3.05) is 13.1 Å². The van der Waals surface area contributed by atoms with Gasteiger partial charge in [-0.25, -0.2) is 4.98 Å². The molecule has 1 aliphatic rings. The van der Waals surface area contributed by atoms with Gasteiger partial charge in [-0.2, -0.15) is 26.3 Å². The van der Waals surface area contributed by atoms with Crippen LogP contribution in [0.5, 0.6) is 0 Å². The number of rotatable bonds is 1. The van der Waals surface area contributed by atoms with Crippen LogP contribution in [-0.4, -0.2) is 29.0 Å². The zero-order valence-electron chi connectivity index (χ0n) is 11.8. The Hall–Kier alpha value is -2.30. The number of hydrogen-bond donors (Lipinski definition) is 3. The lowest BCUT2D eigenvalue weighted by Gasteiger charge is -2.21. The first kappa shape index (κ1) is 16.6. The third-order valence-electron chi connectivity index (χ3n) is 3.55. The zero-order valence-corrected chi connectivity index (χ0v) is 11.8.